The number of likely N-dealkylation sites (N-methyl/N-ethyl adjacent to an activating group) is 1. The lowest BCUT2D eigenvalue weighted by molar-refractivity contribution is -0.122. The minimum atomic E-state index is -0.291. The molecule has 9 heteroatoms. The van der Waals surface area contributed by atoms with Crippen molar-refractivity contribution in [2.75, 3.05) is 13.2 Å². The third-order valence-corrected chi connectivity index (χ3v) is 7.44. The van der Waals surface area contributed by atoms with Crippen molar-refractivity contribution in [3.63, 3.8) is 0 Å². The molecule has 0 N–H and O–H groups in total. The molecule has 1 aliphatic heterocycles. The van der Waals surface area contributed by atoms with E-state index in [0.29, 0.717) is 45.4 Å². The number of hydrogen-bond acceptors (Lipinski definition) is 5. The number of halogens is 3. The zero-order chi connectivity index (χ0) is 25.7. The number of benzene rings is 3. The molecule has 1 heterocycles. The van der Waals surface area contributed by atoms with Gasteiger partial charge in [0.2, 0.25) is 0 Å². The van der Waals surface area contributed by atoms with Gasteiger partial charge in [-0.3, -0.25) is 9.69 Å². The number of hydrogen-bond donors (Lipinski definition) is 0. The second-order valence-electron chi connectivity index (χ2n) is 7.71. The Bertz CT molecular complexity index is 1330. The van der Waals surface area contributed by atoms with Crippen LogP contribution in [-0.2, 0) is 11.4 Å². The Morgan fingerprint density at radius 3 is 2.53 bits per heavy atom. The van der Waals surface area contributed by atoms with Gasteiger partial charge in [0.05, 0.1) is 22.2 Å². The lowest BCUT2D eigenvalue weighted by Gasteiger charge is -2.13. The Kier molecular flexibility index (Phi) is 8.72. The molecule has 0 aliphatic carbocycles. The van der Waals surface area contributed by atoms with E-state index in [0.717, 1.165) is 15.6 Å². The zero-order valence-corrected chi connectivity index (χ0v) is 22.8. The fourth-order valence-corrected chi connectivity index (χ4v) is 4.91. The minimum Gasteiger partial charge on any atom is -0.490 e. The first-order chi connectivity index (χ1) is 17.4. The number of ether oxygens (including phenoxy) is 2. The fraction of sp³-hybridized carbons (Fsp3) is 0.185. The smallest absolute Gasteiger partial charge is 0.266 e. The van der Waals surface area contributed by atoms with Gasteiger partial charge >= 0.3 is 0 Å². The topological polar surface area (TPSA) is 51.1 Å². The van der Waals surface area contributed by atoms with Crippen molar-refractivity contribution in [1.82, 2.24) is 4.90 Å². The summed E-state index contributed by atoms with van der Waals surface area (Å²) in [6, 6.07) is 17.1. The maximum absolute atomic E-state index is 13.2. The zero-order valence-electron chi connectivity index (χ0n) is 19.6. The molecule has 1 amide bonds. The molecule has 0 aromatic heterocycles. The SMILES string of the molecule is CCOc1cc(/C=C2\SC(=Nc3ccc(Br)c(Cl)c3)N(CC)C2=O)ccc1OCc1ccc(F)cc1. The molecule has 1 fully saturated rings. The molecule has 0 saturated carbocycles. The maximum Gasteiger partial charge on any atom is 0.266 e. The van der Waals surface area contributed by atoms with Gasteiger partial charge in [-0.25, -0.2) is 9.38 Å². The third-order valence-electron chi connectivity index (χ3n) is 5.21. The van der Waals surface area contributed by atoms with E-state index in [1.54, 1.807) is 29.2 Å². The standard InChI is InChI=1S/C27H23BrClFN2O3S/c1-3-32-26(33)25(36-27(32)31-20-10-11-21(28)22(29)15-20)14-18-7-12-23(24(13-18)34-4-2)35-16-17-5-8-19(30)9-6-17/h5-15H,3-4,16H2,1-2H3/b25-14-,31-27?. The number of nitrogens with zero attached hydrogens (tertiary/aromatic N) is 2. The summed E-state index contributed by atoms with van der Waals surface area (Å²) in [5.74, 6) is 0.730. The number of carbonyl (C=O) groups excluding carboxylic acids is 1. The highest BCUT2D eigenvalue weighted by atomic mass is 79.9. The molecular formula is C27H23BrClFN2O3S. The highest BCUT2D eigenvalue weighted by molar-refractivity contribution is 9.10. The molecule has 4 rings (SSSR count). The van der Waals surface area contributed by atoms with Crippen LogP contribution in [0.3, 0.4) is 0 Å². The molecule has 5 nitrogen and oxygen atoms in total. The van der Waals surface area contributed by atoms with E-state index in [1.807, 2.05) is 44.2 Å². The quantitative estimate of drug-likeness (QED) is 0.251. The second kappa shape index (κ2) is 12.0. The molecule has 3 aromatic rings. The van der Waals surface area contributed by atoms with Crippen LogP contribution in [-0.4, -0.2) is 29.1 Å². The lowest BCUT2D eigenvalue weighted by Crippen LogP contribution is -2.28. The summed E-state index contributed by atoms with van der Waals surface area (Å²) >= 11 is 10.9. The van der Waals surface area contributed by atoms with Gasteiger partial charge in [0.15, 0.2) is 16.7 Å². The predicted molar refractivity (Wildman–Crippen MR) is 148 cm³/mol. The Morgan fingerprint density at radius 1 is 1.06 bits per heavy atom. The van der Waals surface area contributed by atoms with E-state index in [1.165, 1.54) is 23.9 Å². The third kappa shape index (κ3) is 6.30. The van der Waals surface area contributed by atoms with Crippen LogP contribution in [0, 0.1) is 5.82 Å². The first-order valence-corrected chi connectivity index (χ1v) is 13.3. The highest BCUT2D eigenvalue weighted by Gasteiger charge is 2.32. The van der Waals surface area contributed by atoms with E-state index < -0.39 is 0 Å². The van der Waals surface area contributed by atoms with Crippen molar-refractivity contribution in [2.45, 2.75) is 20.5 Å². The van der Waals surface area contributed by atoms with Gasteiger partial charge < -0.3 is 9.47 Å². The molecule has 3 aromatic carbocycles. The van der Waals surface area contributed by atoms with Gasteiger partial charge in [-0.2, -0.15) is 0 Å². The number of amides is 1. The summed E-state index contributed by atoms with van der Waals surface area (Å²) in [5, 5.41) is 1.14. The van der Waals surface area contributed by atoms with Gasteiger partial charge in [-0.05, 0) is 101 Å². The Balaban J connectivity index is 1.56. The van der Waals surface area contributed by atoms with Crippen molar-refractivity contribution in [3.05, 3.63) is 92.0 Å². The monoisotopic (exact) mass is 588 g/mol. The number of aliphatic imine (C=N–C) groups is 1. The van der Waals surface area contributed by atoms with Gasteiger partial charge in [-0.15, -0.1) is 0 Å². The molecule has 36 heavy (non-hydrogen) atoms. The number of carbonyl (C=O) groups is 1. The molecule has 1 aliphatic rings. The van der Waals surface area contributed by atoms with Crippen LogP contribution in [0.1, 0.15) is 25.0 Å². The van der Waals surface area contributed by atoms with Gasteiger partial charge in [-0.1, -0.05) is 29.8 Å². The van der Waals surface area contributed by atoms with Crippen molar-refractivity contribution in [1.29, 1.82) is 0 Å². The van der Waals surface area contributed by atoms with Crippen LogP contribution in [0.25, 0.3) is 6.08 Å². The molecule has 0 atom stereocenters. The summed E-state index contributed by atoms with van der Waals surface area (Å²) in [6.07, 6.45) is 1.82. The van der Waals surface area contributed by atoms with E-state index in [-0.39, 0.29) is 18.3 Å². The van der Waals surface area contributed by atoms with E-state index in [9.17, 15) is 9.18 Å². The van der Waals surface area contributed by atoms with Gasteiger partial charge in [0.1, 0.15) is 12.4 Å². The molecule has 0 bridgehead atoms. The van der Waals surface area contributed by atoms with Crippen molar-refractivity contribution < 1.29 is 18.7 Å². The summed E-state index contributed by atoms with van der Waals surface area (Å²) in [4.78, 5) is 19.9. The predicted octanol–water partition coefficient (Wildman–Crippen LogP) is 7.84. The number of amidine groups is 1. The summed E-state index contributed by atoms with van der Waals surface area (Å²) in [7, 11) is 0. The summed E-state index contributed by atoms with van der Waals surface area (Å²) in [6.45, 7) is 5.03. The lowest BCUT2D eigenvalue weighted by atomic mass is 10.1. The van der Waals surface area contributed by atoms with E-state index in [2.05, 4.69) is 20.9 Å². The van der Waals surface area contributed by atoms with Gasteiger partial charge in [0.25, 0.3) is 5.91 Å². The second-order valence-corrected chi connectivity index (χ2v) is 9.98. The summed E-state index contributed by atoms with van der Waals surface area (Å²) < 4.78 is 25.6. The Labute approximate surface area is 227 Å². The fourth-order valence-electron chi connectivity index (χ4n) is 3.43. The first kappa shape index (κ1) is 26.3. The maximum atomic E-state index is 13.2. The van der Waals surface area contributed by atoms with E-state index >= 15 is 0 Å². The number of thioether (sulfide) groups is 1. The Hall–Kier alpha value is -2.81. The first-order valence-electron chi connectivity index (χ1n) is 11.3. The van der Waals surface area contributed by atoms with Crippen LogP contribution in [0.15, 0.2) is 75.0 Å². The average Bonchev–Trinajstić information content (AvgIpc) is 3.15. The van der Waals surface area contributed by atoms with Crippen LogP contribution in [0.4, 0.5) is 10.1 Å². The average molecular weight is 590 g/mol. The largest absolute Gasteiger partial charge is 0.490 e. The number of rotatable bonds is 8. The summed E-state index contributed by atoms with van der Waals surface area (Å²) in [5.41, 5.74) is 2.31. The van der Waals surface area contributed by atoms with E-state index in [4.69, 9.17) is 21.1 Å². The van der Waals surface area contributed by atoms with Crippen LogP contribution in [0.2, 0.25) is 5.02 Å². The Morgan fingerprint density at radius 2 is 1.83 bits per heavy atom. The molecule has 0 unspecified atom stereocenters. The normalized spacial score (nSPS) is 15.7. The van der Waals surface area contributed by atoms with Crippen molar-refractivity contribution in [2.24, 2.45) is 4.99 Å². The molecule has 0 radical (unpaired) electrons. The molecule has 186 valence electrons. The molecule has 1 saturated heterocycles. The molecule has 0 spiro atoms. The minimum absolute atomic E-state index is 0.112. The highest BCUT2D eigenvalue weighted by Crippen LogP contribution is 2.37. The van der Waals surface area contributed by atoms with Crippen LogP contribution in [0.5, 0.6) is 11.5 Å². The molecular weight excluding hydrogens is 567 g/mol. The van der Waals surface area contributed by atoms with Gasteiger partial charge in [0, 0.05) is 11.0 Å². The van der Waals surface area contributed by atoms with Crippen molar-refractivity contribution in [3.8, 4) is 11.5 Å². The van der Waals surface area contributed by atoms with Crippen LogP contribution < -0.4 is 9.47 Å². The van der Waals surface area contributed by atoms with Crippen LogP contribution >= 0.6 is 39.3 Å². The van der Waals surface area contributed by atoms with Crippen molar-refractivity contribution >= 4 is 62.1 Å².